The predicted molar refractivity (Wildman–Crippen MR) is 96.8 cm³/mol. The van der Waals surface area contributed by atoms with Gasteiger partial charge in [0.1, 0.15) is 17.8 Å². The third-order valence-electron chi connectivity index (χ3n) is 6.57. The van der Waals surface area contributed by atoms with Crippen LogP contribution in [-0.2, 0) is 14.2 Å². The number of unbranched alkanes of at least 4 members (excludes halogenated alkanes) is 1. The Balaban J connectivity index is 1.94. The van der Waals surface area contributed by atoms with Crippen LogP contribution in [0.2, 0.25) is 0 Å². The summed E-state index contributed by atoms with van der Waals surface area (Å²) in [5, 5.41) is 47.2. The van der Waals surface area contributed by atoms with E-state index in [1.54, 1.807) is 7.05 Å². The van der Waals surface area contributed by atoms with Crippen LogP contribution in [0.1, 0.15) is 52.9 Å². The lowest BCUT2D eigenvalue weighted by Crippen LogP contribution is -2.78. The van der Waals surface area contributed by atoms with E-state index in [9.17, 15) is 20.4 Å². The van der Waals surface area contributed by atoms with Crippen molar-refractivity contribution in [1.29, 1.82) is 0 Å². The summed E-state index contributed by atoms with van der Waals surface area (Å²) in [4.78, 5) is 0. The lowest BCUT2D eigenvalue weighted by atomic mass is 9.73. The minimum absolute atomic E-state index is 0.216. The van der Waals surface area contributed by atoms with Crippen LogP contribution in [0, 0.1) is 5.92 Å². The second kappa shape index (κ2) is 7.84. The van der Waals surface area contributed by atoms with E-state index in [4.69, 9.17) is 14.2 Å². The van der Waals surface area contributed by atoms with Crippen LogP contribution in [0.4, 0.5) is 0 Å². The molecule has 158 valence electrons. The first kappa shape index (κ1) is 21.4. The zero-order chi connectivity index (χ0) is 20.0. The molecule has 8 nitrogen and oxygen atoms in total. The first-order chi connectivity index (χ1) is 12.7. The van der Waals surface area contributed by atoms with Crippen LogP contribution >= 0.6 is 0 Å². The second-order valence-corrected chi connectivity index (χ2v) is 8.37. The van der Waals surface area contributed by atoms with E-state index in [2.05, 4.69) is 5.32 Å². The molecule has 2 saturated heterocycles. The molecule has 8 heteroatoms. The number of ether oxygens (including phenoxy) is 3. The van der Waals surface area contributed by atoms with Gasteiger partial charge in [-0.15, -0.1) is 0 Å². The highest BCUT2D eigenvalue weighted by atomic mass is 16.8. The fourth-order valence-corrected chi connectivity index (χ4v) is 5.00. The third-order valence-corrected chi connectivity index (χ3v) is 6.57. The zero-order valence-electron chi connectivity index (χ0n) is 16.7. The number of rotatable bonds is 5. The molecule has 3 rings (SSSR count). The van der Waals surface area contributed by atoms with Crippen molar-refractivity contribution >= 4 is 0 Å². The van der Waals surface area contributed by atoms with Crippen molar-refractivity contribution in [3.8, 4) is 0 Å². The molecule has 5 N–H and O–H groups in total. The summed E-state index contributed by atoms with van der Waals surface area (Å²) in [7, 11) is 1.69. The normalized spacial score (nSPS) is 52.9. The Morgan fingerprint density at radius 3 is 2.37 bits per heavy atom. The van der Waals surface area contributed by atoms with Gasteiger partial charge < -0.3 is 40.0 Å². The van der Waals surface area contributed by atoms with Gasteiger partial charge in [-0.25, -0.2) is 0 Å². The van der Waals surface area contributed by atoms with E-state index in [0.717, 1.165) is 6.42 Å². The van der Waals surface area contributed by atoms with Crippen molar-refractivity contribution in [2.45, 2.75) is 107 Å². The van der Waals surface area contributed by atoms with Crippen LogP contribution in [0.15, 0.2) is 0 Å². The van der Waals surface area contributed by atoms with Gasteiger partial charge >= 0.3 is 0 Å². The number of hydrogen-bond acceptors (Lipinski definition) is 8. The second-order valence-electron chi connectivity index (χ2n) is 8.37. The molecule has 0 aromatic rings. The molecule has 0 amide bonds. The lowest BCUT2D eigenvalue weighted by Gasteiger charge is -2.60. The molecule has 1 aliphatic carbocycles. The van der Waals surface area contributed by atoms with Gasteiger partial charge in [0.2, 0.25) is 12.1 Å². The van der Waals surface area contributed by atoms with Crippen molar-refractivity contribution in [3.63, 3.8) is 0 Å². The van der Waals surface area contributed by atoms with E-state index < -0.39 is 54.1 Å². The van der Waals surface area contributed by atoms with Crippen LogP contribution in [0.3, 0.4) is 0 Å². The van der Waals surface area contributed by atoms with Gasteiger partial charge in [-0.05, 0) is 26.8 Å². The van der Waals surface area contributed by atoms with E-state index >= 15 is 0 Å². The Bertz CT molecular complexity index is 522. The molecule has 0 aromatic heterocycles. The molecule has 0 bridgehead atoms. The molecule has 0 spiro atoms. The number of fused-ring (bicyclic) bond motifs is 2. The molecule has 3 aliphatic rings. The molecule has 2 heterocycles. The number of nitrogens with one attached hydrogen (secondary N) is 1. The Morgan fingerprint density at radius 2 is 1.78 bits per heavy atom. The summed E-state index contributed by atoms with van der Waals surface area (Å²) in [6, 6.07) is -0.553. The number of likely N-dealkylation sites (N-methyl/N-ethyl adjacent to an activating group) is 1. The molecular weight excluding hydrogens is 354 g/mol. The molecule has 3 fully saturated rings. The van der Waals surface area contributed by atoms with Crippen molar-refractivity contribution in [1.82, 2.24) is 5.32 Å². The lowest BCUT2D eigenvalue weighted by molar-refractivity contribution is -0.485. The van der Waals surface area contributed by atoms with Gasteiger partial charge in [0.05, 0.1) is 24.4 Å². The van der Waals surface area contributed by atoms with Crippen molar-refractivity contribution in [2.75, 3.05) is 7.05 Å². The predicted octanol–water partition coefficient (Wildman–Crippen LogP) is -0.135. The van der Waals surface area contributed by atoms with Crippen LogP contribution < -0.4 is 5.32 Å². The van der Waals surface area contributed by atoms with Gasteiger partial charge in [-0.3, -0.25) is 0 Å². The molecule has 0 aromatic carbocycles. The maximum atomic E-state index is 11.4. The minimum atomic E-state index is -2.07. The van der Waals surface area contributed by atoms with E-state index in [0.29, 0.717) is 19.3 Å². The van der Waals surface area contributed by atoms with E-state index in [-0.39, 0.29) is 12.5 Å². The highest BCUT2D eigenvalue weighted by molar-refractivity contribution is 5.10. The van der Waals surface area contributed by atoms with Gasteiger partial charge in [0, 0.05) is 12.3 Å². The standard InChI is InChI=1S/C19H35NO7/c1-5-7-8-18(23)9-10(3)25-17-19(18,24)27-15-12(20-4)13(21)11(6-2)14(22)16(15)26-17/h10-17,20-24H,5-9H2,1-4H3/t10-,11-,12+,13+,14+,15-,16-,17+,18+,19-/m1/s1. The Morgan fingerprint density at radius 1 is 1.07 bits per heavy atom. The monoisotopic (exact) mass is 389 g/mol. The molecule has 0 radical (unpaired) electrons. The highest BCUT2D eigenvalue weighted by Crippen LogP contribution is 2.49. The molecular formula is C19H35NO7. The first-order valence-electron chi connectivity index (χ1n) is 10.2. The average molecular weight is 389 g/mol. The van der Waals surface area contributed by atoms with Crippen LogP contribution in [0.5, 0.6) is 0 Å². The maximum absolute atomic E-state index is 11.4. The third kappa shape index (κ3) is 3.34. The Labute approximate surface area is 160 Å². The fourth-order valence-electron chi connectivity index (χ4n) is 5.00. The quantitative estimate of drug-likeness (QED) is 0.441. The minimum Gasteiger partial charge on any atom is -0.391 e. The SMILES string of the molecule is CCCC[C@]1(O)C[C@@H](C)O[C@H]2O[C@@H]3[C@@H](O)[C@H](CC)[C@H](O)[C@H](NC)[C@H]3O[C@]21O. The first-order valence-corrected chi connectivity index (χ1v) is 10.2. The average Bonchev–Trinajstić information content (AvgIpc) is 2.61. The summed E-state index contributed by atoms with van der Waals surface area (Å²) >= 11 is 0. The fraction of sp³-hybridized carbons (Fsp3) is 1.00. The van der Waals surface area contributed by atoms with Crippen molar-refractivity contribution in [3.05, 3.63) is 0 Å². The molecule has 1 saturated carbocycles. The smallest absolute Gasteiger partial charge is 0.248 e. The summed E-state index contributed by atoms with van der Waals surface area (Å²) in [5.74, 6) is -2.46. The summed E-state index contributed by atoms with van der Waals surface area (Å²) in [6.07, 6.45) is -2.26. The molecule has 2 aliphatic heterocycles. The van der Waals surface area contributed by atoms with Crippen LogP contribution in [0.25, 0.3) is 0 Å². The Kier molecular flexibility index (Phi) is 6.21. The molecule has 0 unspecified atom stereocenters. The van der Waals surface area contributed by atoms with Gasteiger partial charge in [-0.2, -0.15) is 0 Å². The van der Waals surface area contributed by atoms with Crippen LogP contribution in [-0.4, -0.2) is 81.7 Å². The van der Waals surface area contributed by atoms with Gasteiger partial charge in [-0.1, -0.05) is 26.7 Å². The van der Waals surface area contributed by atoms with Crippen molar-refractivity contribution in [2.24, 2.45) is 5.92 Å². The highest BCUT2D eigenvalue weighted by Gasteiger charge is 2.68. The molecule has 27 heavy (non-hydrogen) atoms. The van der Waals surface area contributed by atoms with Gasteiger partial charge in [0.25, 0.3) is 0 Å². The number of aliphatic hydroxyl groups is 4. The maximum Gasteiger partial charge on any atom is 0.248 e. The zero-order valence-corrected chi connectivity index (χ0v) is 16.7. The summed E-state index contributed by atoms with van der Waals surface area (Å²) in [6.45, 7) is 5.72. The topological polar surface area (TPSA) is 121 Å². The van der Waals surface area contributed by atoms with E-state index in [1.807, 2.05) is 20.8 Å². The molecule has 10 atom stereocenters. The summed E-state index contributed by atoms with van der Waals surface area (Å²) < 4.78 is 17.8. The Hall–Kier alpha value is -0.320. The van der Waals surface area contributed by atoms with Gasteiger partial charge in [0.15, 0.2) is 0 Å². The number of hydrogen-bond donors (Lipinski definition) is 5. The van der Waals surface area contributed by atoms with E-state index in [1.165, 1.54) is 0 Å². The summed E-state index contributed by atoms with van der Waals surface area (Å²) in [5.41, 5.74) is -1.54. The number of aliphatic hydroxyl groups excluding tert-OH is 2. The van der Waals surface area contributed by atoms with Crippen molar-refractivity contribution < 1.29 is 34.6 Å². The largest absolute Gasteiger partial charge is 0.391 e.